The summed E-state index contributed by atoms with van der Waals surface area (Å²) in [6.07, 6.45) is 2.23. The molecule has 3 N–H and O–H groups in total. The number of ketones is 1. The Morgan fingerprint density at radius 1 is 1.03 bits per heavy atom. The van der Waals surface area contributed by atoms with Gasteiger partial charge in [0.25, 0.3) is 5.91 Å². The lowest BCUT2D eigenvalue weighted by Crippen LogP contribution is -2.39. The van der Waals surface area contributed by atoms with Crippen molar-refractivity contribution >= 4 is 11.7 Å². The van der Waals surface area contributed by atoms with Crippen LogP contribution in [-0.4, -0.2) is 37.5 Å². The maximum absolute atomic E-state index is 13.2. The molecule has 154 valence electrons. The molecule has 0 heterocycles. The molecule has 2 aromatic rings. The SMILES string of the molecule is CCOc1ccc(C(=O)c2ccccc2C(=O)NCC(N)C2CC2)cc1OCC. The lowest BCUT2D eigenvalue weighted by molar-refractivity contribution is 0.0939. The van der Waals surface area contributed by atoms with Crippen LogP contribution in [0, 0.1) is 5.92 Å². The summed E-state index contributed by atoms with van der Waals surface area (Å²) in [6.45, 7) is 5.12. The molecule has 1 unspecified atom stereocenters. The fourth-order valence-electron chi connectivity index (χ4n) is 3.22. The molecule has 0 radical (unpaired) electrons. The fourth-order valence-corrected chi connectivity index (χ4v) is 3.22. The van der Waals surface area contributed by atoms with E-state index in [9.17, 15) is 9.59 Å². The number of ether oxygens (including phenoxy) is 2. The molecule has 1 aliphatic rings. The second-order valence-electron chi connectivity index (χ2n) is 7.11. The third kappa shape index (κ3) is 5.15. The summed E-state index contributed by atoms with van der Waals surface area (Å²) < 4.78 is 11.2. The molecular formula is C23H28N2O4. The minimum Gasteiger partial charge on any atom is -0.490 e. The Morgan fingerprint density at radius 2 is 1.69 bits per heavy atom. The summed E-state index contributed by atoms with van der Waals surface area (Å²) in [5.41, 5.74) is 7.19. The maximum Gasteiger partial charge on any atom is 0.252 e. The van der Waals surface area contributed by atoms with E-state index in [0.717, 1.165) is 12.8 Å². The third-order valence-corrected chi connectivity index (χ3v) is 4.95. The van der Waals surface area contributed by atoms with E-state index in [0.29, 0.717) is 53.9 Å². The molecule has 6 nitrogen and oxygen atoms in total. The lowest BCUT2D eigenvalue weighted by Gasteiger charge is -2.14. The van der Waals surface area contributed by atoms with E-state index in [-0.39, 0.29) is 17.7 Å². The molecule has 2 aromatic carbocycles. The minimum atomic E-state index is -0.291. The molecule has 0 saturated heterocycles. The second-order valence-corrected chi connectivity index (χ2v) is 7.11. The Morgan fingerprint density at radius 3 is 2.34 bits per heavy atom. The molecule has 0 spiro atoms. The van der Waals surface area contributed by atoms with E-state index in [1.165, 1.54) is 0 Å². The van der Waals surface area contributed by atoms with Gasteiger partial charge in [-0.25, -0.2) is 0 Å². The number of nitrogens with two attached hydrogens (primary N) is 1. The summed E-state index contributed by atoms with van der Waals surface area (Å²) >= 11 is 0. The fraction of sp³-hybridized carbons (Fsp3) is 0.391. The smallest absolute Gasteiger partial charge is 0.252 e. The lowest BCUT2D eigenvalue weighted by atomic mass is 9.97. The molecule has 1 aliphatic carbocycles. The Balaban J connectivity index is 1.82. The van der Waals surface area contributed by atoms with Gasteiger partial charge in [-0.05, 0) is 56.9 Å². The molecule has 0 bridgehead atoms. The van der Waals surface area contributed by atoms with Crippen molar-refractivity contribution in [2.24, 2.45) is 11.7 Å². The van der Waals surface area contributed by atoms with Crippen LogP contribution in [0.3, 0.4) is 0 Å². The molecule has 6 heteroatoms. The number of hydrogen-bond acceptors (Lipinski definition) is 5. The van der Waals surface area contributed by atoms with Gasteiger partial charge >= 0.3 is 0 Å². The van der Waals surface area contributed by atoms with E-state index in [1.807, 2.05) is 13.8 Å². The topological polar surface area (TPSA) is 90.7 Å². The Bertz CT molecular complexity index is 877. The Labute approximate surface area is 171 Å². The highest BCUT2D eigenvalue weighted by Crippen LogP contribution is 2.31. The number of amides is 1. The van der Waals surface area contributed by atoms with Crippen molar-refractivity contribution < 1.29 is 19.1 Å². The first-order valence-electron chi connectivity index (χ1n) is 10.1. The summed E-state index contributed by atoms with van der Waals surface area (Å²) in [5, 5.41) is 2.86. The molecule has 3 rings (SSSR count). The van der Waals surface area contributed by atoms with Crippen molar-refractivity contribution in [1.29, 1.82) is 0 Å². The zero-order valence-corrected chi connectivity index (χ0v) is 16.9. The largest absolute Gasteiger partial charge is 0.490 e. The van der Waals surface area contributed by atoms with Gasteiger partial charge in [0.05, 0.1) is 18.8 Å². The van der Waals surface area contributed by atoms with Crippen LogP contribution in [0.25, 0.3) is 0 Å². The number of hydrogen-bond donors (Lipinski definition) is 2. The summed E-state index contributed by atoms with van der Waals surface area (Å²) in [5.74, 6) is 1.06. The molecular weight excluding hydrogens is 368 g/mol. The van der Waals surface area contributed by atoms with Crippen molar-refractivity contribution in [2.75, 3.05) is 19.8 Å². The molecule has 0 aromatic heterocycles. The van der Waals surface area contributed by atoms with Gasteiger partial charge in [-0.15, -0.1) is 0 Å². The van der Waals surface area contributed by atoms with Gasteiger partial charge in [0.15, 0.2) is 17.3 Å². The number of carbonyl (C=O) groups excluding carboxylic acids is 2. The second kappa shape index (κ2) is 9.56. The van der Waals surface area contributed by atoms with Crippen molar-refractivity contribution in [3.8, 4) is 11.5 Å². The van der Waals surface area contributed by atoms with Crippen LogP contribution in [0.2, 0.25) is 0 Å². The van der Waals surface area contributed by atoms with Crippen molar-refractivity contribution in [2.45, 2.75) is 32.7 Å². The van der Waals surface area contributed by atoms with Crippen molar-refractivity contribution in [3.05, 3.63) is 59.2 Å². The van der Waals surface area contributed by atoms with Gasteiger partial charge in [0.1, 0.15) is 0 Å². The highest BCUT2D eigenvalue weighted by atomic mass is 16.5. The van der Waals surface area contributed by atoms with Gasteiger partial charge in [-0.3, -0.25) is 9.59 Å². The van der Waals surface area contributed by atoms with Crippen LogP contribution in [-0.2, 0) is 0 Å². The monoisotopic (exact) mass is 396 g/mol. The van der Waals surface area contributed by atoms with Crippen LogP contribution < -0.4 is 20.5 Å². The van der Waals surface area contributed by atoms with E-state index in [4.69, 9.17) is 15.2 Å². The van der Waals surface area contributed by atoms with E-state index in [1.54, 1.807) is 42.5 Å². The van der Waals surface area contributed by atoms with Crippen LogP contribution in [0.15, 0.2) is 42.5 Å². The number of benzene rings is 2. The number of nitrogens with one attached hydrogen (secondary N) is 1. The zero-order chi connectivity index (χ0) is 20.8. The Hall–Kier alpha value is -2.86. The van der Waals surface area contributed by atoms with Crippen molar-refractivity contribution in [3.63, 3.8) is 0 Å². The van der Waals surface area contributed by atoms with Gasteiger partial charge in [-0.2, -0.15) is 0 Å². The minimum absolute atomic E-state index is 0.0401. The van der Waals surface area contributed by atoms with E-state index >= 15 is 0 Å². The number of carbonyl (C=O) groups is 2. The number of rotatable bonds is 10. The molecule has 1 fully saturated rings. The van der Waals surface area contributed by atoms with Gasteiger partial charge < -0.3 is 20.5 Å². The quantitative estimate of drug-likeness (QED) is 0.602. The van der Waals surface area contributed by atoms with Crippen LogP contribution >= 0.6 is 0 Å². The predicted octanol–water partition coefficient (Wildman–Crippen LogP) is 3.18. The predicted molar refractivity (Wildman–Crippen MR) is 112 cm³/mol. The summed E-state index contributed by atoms with van der Waals surface area (Å²) in [7, 11) is 0. The standard InChI is InChI=1S/C23H28N2O4/c1-3-28-20-12-11-16(13-21(20)29-4-2)22(26)17-7-5-6-8-18(17)23(27)25-14-19(24)15-9-10-15/h5-8,11-13,15,19H,3-4,9-10,14,24H2,1-2H3,(H,25,27). The summed E-state index contributed by atoms with van der Waals surface area (Å²) in [6, 6.07) is 11.8. The molecule has 1 atom stereocenters. The average molecular weight is 396 g/mol. The normalized spacial score (nSPS) is 14.2. The first-order chi connectivity index (χ1) is 14.0. The molecule has 1 amide bonds. The summed E-state index contributed by atoms with van der Waals surface area (Å²) in [4.78, 5) is 25.8. The molecule has 0 aliphatic heterocycles. The molecule has 1 saturated carbocycles. The third-order valence-electron chi connectivity index (χ3n) is 4.95. The first kappa shape index (κ1) is 20.9. The maximum atomic E-state index is 13.2. The highest BCUT2D eigenvalue weighted by Gasteiger charge is 2.29. The van der Waals surface area contributed by atoms with Crippen LogP contribution in [0.5, 0.6) is 11.5 Å². The Kier molecular flexibility index (Phi) is 6.88. The highest BCUT2D eigenvalue weighted by molar-refractivity contribution is 6.15. The van der Waals surface area contributed by atoms with E-state index in [2.05, 4.69) is 5.32 Å². The average Bonchev–Trinajstić information content (AvgIpc) is 3.58. The van der Waals surface area contributed by atoms with E-state index < -0.39 is 0 Å². The van der Waals surface area contributed by atoms with Crippen LogP contribution in [0.4, 0.5) is 0 Å². The van der Waals surface area contributed by atoms with Crippen molar-refractivity contribution in [1.82, 2.24) is 5.32 Å². The van der Waals surface area contributed by atoms with Crippen LogP contribution in [0.1, 0.15) is 53.0 Å². The van der Waals surface area contributed by atoms with Gasteiger partial charge in [0, 0.05) is 23.7 Å². The van der Waals surface area contributed by atoms with Gasteiger partial charge in [-0.1, -0.05) is 18.2 Å². The molecule has 29 heavy (non-hydrogen) atoms. The van der Waals surface area contributed by atoms with Gasteiger partial charge in [0.2, 0.25) is 0 Å². The zero-order valence-electron chi connectivity index (χ0n) is 16.9. The first-order valence-corrected chi connectivity index (χ1v) is 10.1.